The molecule has 0 saturated carbocycles. The van der Waals surface area contributed by atoms with E-state index in [-0.39, 0.29) is 15.5 Å². The van der Waals surface area contributed by atoms with E-state index in [1.165, 1.54) is 12.1 Å². The Labute approximate surface area is 169 Å². The fraction of sp³-hybridized carbons (Fsp3) is 0.316. The molecule has 2 aromatic rings. The van der Waals surface area contributed by atoms with Gasteiger partial charge in [-0.25, -0.2) is 18.3 Å². The van der Waals surface area contributed by atoms with Crippen LogP contribution in [0.25, 0.3) is 0 Å². The second-order valence-electron chi connectivity index (χ2n) is 7.26. The van der Waals surface area contributed by atoms with Crippen LogP contribution in [0.1, 0.15) is 36.7 Å². The zero-order valence-corrected chi connectivity index (χ0v) is 17.7. The summed E-state index contributed by atoms with van der Waals surface area (Å²) in [5, 5.41) is 7.88. The number of nitrogens with one attached hydrogen (secondary N) is 2. The van der Waals surface area contributed by atoms with Crippen molar-refractivity contribution in [2.45, 2.75) is 36.8 Å². The van der Waals surface area contributed by atoms with Crippen molar-refractivity contribution in [1.29, 1.82) is 0 Å². The Bertz CT molecular complexity index is 906. The van der Waals surface area contributed by atoms with Crippen molar-refractivity contribution in [1.82, 2.24) is 5.32 Å². The number of benzene rings is 2. The number of hydrogen-bond donors (Lipinski definition) is 3. The minimum Gasteiger partial charge on any atom is -0.593 e. The largest absolute Gasteiger partial charge is 0.593 e. The van der Waals surface area contributed by atoms with E-state index >= 15 is 0 Å². The average molecular weight is 424 g/mol. The van der Waals surface area contributed by atoms with Crippen LogP contribution in [0.4, 0.5) is 5.69 Å². The van der Waals surface area contributed by atoms with Crippen LogP contribution in [-0.4, -0.2) is 30.2 Å². The molecule has 0 heterocycles. The number of sulfonamides is 1. The summed E-state index contributed by atoms with van der Waals surface area (Å²) in [6.07, 6.45) is 0.556. The summed E-state index contributed by atoms with van der Waals surface area (Å²) < 4.78 is 37.1. The highest BCUT2D eigenvalue weighted by Gasteiger charge is 2.26. The lowest BCUT2D eigenvalue weighted by Gasteiger charge is -2.23. The van der Waals surface area contributed by atoms with Crippen LogP contribution >= 0.6 is 0 Å². The molecule has 0 spiro atoms. The monoisotopic (exact) mass is 423 g/mol. The van der Waals surface area contributed by atoms with E-state index in [2.05, 4.69) is 10.0 Å². The van der Waals surface area contributed by atoms with E-state index in [1.54, 1.807) is 36.4 Å². The van der Waals surface area contributed by atoms with Crippen molar-refractivity contribution in [3.05, 3.63) is 59.7 Å². The molecule has 4 N–H and O–H groups in total. The van der Waals surface area contributed by atoms with Crippen molar-refractivity contribution in [3.63, 3.8) is 0 Å². The summed E-state index contributed by atoms with van der Waals surface area (Å²) in [7, 11) is -3.70. The van der Waals surface area contributed by atoms with E-state index in [4.69, 9.17) is 5.14 Å². The van der Waals surface area contributed by atoms with Gasteiger partial charge in [0.25, 0.3) is 5.91 Å². The Morgan fingerprint density at radius 3 is 2.14 bits per heavy atom. The molecule has 1 atom stereocenters. The molecule has 0 saturated heterocycles. The highest BCUT2D eigenvalue weighted by Crippen LogP contribution is 2.19. The maximum atomic E-state index is 12.2. The molecule has 1 unspecified atom stereocenters. The van der Waals surface area contributed by atoms with Gasteiger partial charge in [-0.3, -0.25) is 4.79 Å². The SMILES string of the molecule is CC(C)(C)[S+]([O-])Nc1ccc(C(=O)NCCc2ccc(S(N)(=O)=O)cc2)cc1. The molecule has 0 aliphatic carbocycles. The van der Waals surface area contributed by atoms with Crippen LogP contribution in [-0.2, 0) is 27.8 Å². The van der Waals surface area contributed by atoms with Gasteiger partial charge in [0.15, 0.2) is 0 Å². The molecule has 1 amide bonds. The quantitative estimate of drug-likeness (QED) is 0.589. The Morgan fingerprint density at radius 1 is 1.07 bits per heavy atom. The Kier molecular flexibility index (Phi) is 7.11. The van der Waals surface area contributed by atoms with E-state index in [0.29, 0.717) is 24.2 Å². The first kappa shape index (κ1) is 22.2. The first-order valence-corrected chi connectivity index (χ1v) is 11.3. The summed E-state index contributed by atoms with van der Waals surface area (Å²) in [6, 6.07) is 13.0. The smallest absolute Gasteiger partial charge is 0.251 e. The average Bonchev–Trinajstić information content (AvgIpc) is 2.61. The second kappa shape index (κ2) is 8.95. The van der Waals surface area contributed by atoms with Crippen LogP contribution in [0.2, 0.25) is 0 Å². The zero-order valence-electron chi connectivity index (χ0n) is 16.1. The maximum Gasteiger partial charge on any atom is 0.251 e. The molecule has 7 nitrogen and oxygen atoms in total. The molecule has 0 fully saturated rings. The molecule has 152 valence electrons. The third kappa shape index (κ3) is 6.52. The molecule has 2 rings (SSSR count). The first-order valence-electron chi connectivity index (χ1n) is 8.65. The molecule has 0 bridgehead atoms. The fourth-order valence-corrected chi connectivity index (χ4v) is 3.39. The van der Waals surface area contributed by atoms with Gasteiger partial charge in [-0.1, -0.05) is 12.1 Å². The summed E-state index contributed by atoms with van der Waals surface area (Å²) in [4.78, 5) is 12.3. The molecular weight excluding hydrogens is 398 g/mol. The highest BCUT2D eigenvalue weighted by molar-refractivity contribution is 7.94. The highest BCUT2D eigenvalue weighted by atomic mass is 32.2. The number of nitrogens with two attached hydrogens (primary N) is 1. The zero-order chi connectivity index (χ0) is 20.9. The standard InChI is InChI=1S/C19H25N3O4S2/c1-19(2,3)27(24)22-16-8-6-15(7-9-16)18(23)21-13-12-14-4-10-17(11-5-14)28(20,25)26/h4-11,22H,12-13H2,1-3H3,(H,21,23)(H2,20,25,26). The van der Waals surface area contributed by atoms with Gasteiger partial charge >= 0.3 is 0 Å². The van der Waals surface area contributed by atoms with E-state index in [9.17, 15) is 17.8 Å². The number of anilines is 1. The van der Waals surface area contributed by atoms with Gasteiger partial charge in [-0.05, 0) is 69.2 Å². The molecule has 0 aliphatic heterocycles. The molecular formula is C19H25N3O4S2. The van der Waals surface area contributed by atoms with Crippen molar-refractivity contribution >= 4 is 33.0 Å². The van der Waals surface area contributed by atoms with Crippen molar-refractivity contribution in [2.24, 2.45) is 5.14 Å². The van der Waals surface area contributed by atoms with Gasteiger partial charge in [-0.2, -0.15) is 0 Å². The van der Waals surface area contributed by atoms with Crippen LogP contribution < -0.4 is 15.2 Å². The number of carbonyl (C=O) groups excluding carboxylic acids is 1. The third-order valence-corrected chi connectivity index (χ3v) is 6.33. The third-order valence-electron chi connectivity index (χ3n) is 3.86. The Balaban J connectivity index is 1.86. The predicted molar refractivity (Wildman–Crippen MR) is 112 cm³/mol. The summed E-state index contributed by atoms with van der Waals surface area (Å²) >= 11 is -1.24. The maximum absolute atomic E-state index is 12.2. The minimum absolute atomic E-state index is 0.0568. The Morgan fingerprint density at radius 2 is 1.64 bits per heavy atom. The first-order chi connectivity index (χ1) is 13.0. The number of carbonyl (C=O) groups is 1. The van der Waals surface area contributed by atoms with E-state index in [1.807, 2.05) is 20.8 Å². The summed E-state index contributed by atoms with van der Waals surface area (Å²) in [5.41, 5.74) is 2.06. The van der Waals surface area contributed by atoms with Crippen molar-refractivity contribution < 1.29 is 17.8 Å². The van der Waals surface area contributed by atoms with Crippen LogP contribution in [0.15, 0.2) is 53.4 Å². The lowest BCUT2D eigenvalue weighted by molar-refractivity contribution is 0.0954. The van der Waals surface area contributed by atoms with Gasteiger partial charge in [0.05, 0.1) is 21.9 Å². The molecule has 2 aromatic carbocycles. The van der Waals surface area contributed by atoms with Gasteiger partial charge < -0.3 is 9.87 Å². The summed E-state index contributed by atoms with van der Waals surface area (Å²) in [5.74, 6) is -0.218. The number of rotatable bonds is 7. The van der Waals surface area contributed by atoms with Crippen LogP contribution in [0.3, 0.4) is 0 Å². The number of hydrogen-bond acceptors (Lipinski definition) is 5. The molecule has 9 heteroatoms. The molecule has 0 aromatic heterocycles. The van der Waals surface area contributed by atoms with Crippen LogP contribution in [0, 0.1) is 0 Å². The molecule has 0 radical (unpaired) electrons. The van der Waals surface area contributed by atoms with Crippen LogP contribution in [0.5, 0.6) is 0 Å². The van der Waals surface area contributed by atoms with Gasteiger partial charge in [-0.15, -0.1) is 0 Å². The van der Waals surface area contributed by atoms with E-state index in [0.717, 1.165) is 5.56 Å². The van der Waals surface area contributed by atoms with Crippen molar-refractivity contribution in [3.8, 4) is 0 Å². The number of primary sulfonamides is 1. The van der Waals surface area contributed by atoms with E-state index < -0.39 is 21.4 Å². The van der Waals surface area contributed by atoms with Gasteiger partial charge in [0, 0.05) is 12.1 Å². The lowest BCUT2D eigenvalue weighted by atomic mass is 10.1. The van der Waals surface area contributed by atoms with Gasteiger partial charge in [0.1, 0.15) is 4.75 Å². The normalized spacial score (nSPS) is 13.0. The van der Waals surface area contributed by atoms with Gasteiger partial charge in [0.2, 0.25) is 10.0 Å². The lowest BCUT2D eigenvalue weighted by Crippen LogP contribution is -2.33. The summed E-state index contributed by atoms with van der Waals surface area (Å²) in [6.45, 7) is 6.03. The number of amides is 1. The minimum atomic E-state index is -3.70. The molecule has 28 heavy (non-hydrogen) atoms. The Hall–Kier alpha value is -2.07. The fourth-order valence-electron chi connectivity index (χ4n) is 2.22. The predicted octanol–water partition coefficient (Wildman–Crippen LogP) is 2.18. The topological polar surface area (TPSA) is 124 Å². The van der Waals surface area contributed by atoms with Crippen molar-refractivity contribution in [2.75, 3.05) is 11.3 Å². The second-order valence-corrected chi connectivity index (χ2v) is 10.8. The molecule has 0 aliphatic rings.